The number of hydrogen-bond acceptors (Lipinski definition) is 3. The van der Waals surface area contributed by atoms with Crippen molar-refractivity contribution in [2.75, 3.05) is 39.4 Å². The van der Waals surface area contributed by atoms with E-state index >= 15 is 0 Å². The van der Waals surface area contributed by atoms with Crippen LogP contribution in [0.5, 0.6) is 0 Å². The molecule has 0 saturated carbocycles. The summed E-state index contributed by atoms with van der Waals surface area (Å²) in [7, 11) is 0. The molecule has 2 saturated heterocycles. The van der Waals surface area contributed by atoms with Gasteiger partial charge in [0, 0.05) is 31.7 Å². The molecule has 23 heavy (non-hydrogen) atoms. The predicted molar refractivity (Wildman–Crippen MR) is 106 cm³/mol. The third-order valence-corrected chi connectivity index (χ3v) is 5.03. The van der Waals surface area contributed by atoms with Gasteiger partial charge < -0.3 is 20.1 Å². The molecule has 5 nitrogen and oxygen atoms in total. The van der Waals surface area contributed by atoms with Crippen molar-refractivity contribution in [1.82, 2.24) is 10.2 Å². The molecule has 2 N–H and O–H groups in total. The summed E-state index contributed by atoms with van der Waals surface area (Å²) in [6, 6.07) is 0. The van der Waals surface area contributed by atoms with Crippen LogP contribution in [0, 0.1) is 5.41 Å². The van der Waals surface area contributed by atoms with Gasteiger partial charge in [0.1, 0.15) is 0 Å². The molecule has 0 aliphatic carbocycles. The van der Waals surface area contributed by atoms with Crippen molar-refractivity contribution in [3.63, 3.8) is 0 Å². The molecule has 0 aromatic rings. The Morgan fingerprint density at radius 1 is 1.35 bits per heavy atom. The predicted octanol–water partition coefficient (Wildman–Crippen LogP) is 2.62. The Balaban J connectivity index is 0.00000264. The Morgan fingerprint density at radius 2 is 2.09 bits per heavy atom. The lowest BCUT2D eigenvalue weighted by Gasteiger charge is -2.45. The van der Waals surface area contributed by atoms with Crippen molar-refractivity contribution in [2.45, 2.75) is 58.5 Å². The highest BCUT2D eigenvalue weighted by atomic mass is 127. The first-order chi connectivity index (χ1) is 10.5. The molecule has 2 aliphatic heterocycles. The van der Waals surface area contributed by atoms with Gasteiger partial charge in [-0.1, -0.05) is 6.92 Å². The minimum absolute atomic E-state index is 0. The number of hydrogen-bond donors (Lipinski definition) is 2. The second-order valence-electron chi connectivity index (χ2n) is 7.20. The molecule has 2 heterocycles. The smallest absolute Gasteiger partial charge is 0.194 e. The third kappa shape index (κ3) is 6.05. The molecule has 2 atom stereocenters. The Hall–Kier alpha value is -0.0800. The molecule has 136 valence electrons. The standard InChI is InChI=1S/C17H33N3O2.HI/c1-4-16(3,21)12-19-15(18-5-2)20-10-6-8-17(13-20)9-7-11-22-14-17;/h21H,4-14H2,1-3H3,(H,18,19);1H. The average Bonchev–Trinajstić information content (AvgIpc) is 2.52. The van der Waals surface area contributed by atoms with Crippen LogP contribution >= 0.6 is 24.0 Å². The second-order valence-corrected chi connectivity index (χ2v) is 7.20. The minimum Gasteiger partial charge on any atom is -0.388 e. The first-order valence-corrected chi connectivity index (χ1v) is 8.84. The fraction of sp³-hybridized carbons (Fsp3) is 0.941. The largest absolute Gasteiger partial charge is 0.388 e. The van der Waals surface area contributed by atoms with Crippen molar-refractivity contribution in [3.05, 3.63) is 0 Å². The molecule has 2 rings (SSSR count). The molecular weight excluding hydrogens is 405 g/mol. The fourth-order valence-electron chi connectivity index (χ4n) is 3.40. The number of halogens is 1. The van der Waals surface area contributed by atoms with Crippen LogP contribution in [0.25, 0.3) is 0 Å². The van der Waals surface area contributed by atoms with E-state index in [-0.39, 0.29) is 24.0 Å². The van der Waals surface area contributed by atoms with E-state index in [0.29, 0.717) is 18.4 Å². The molecule has 2 fully saturated rings. The van der Waals surface area contributed by atoms with E-state index in [4.69, 9.17) is 9.73 Å². The summed E-state index contributed by atoms with van der Waals surface area (Å²) < 4.78 is 5.76. The summed E-state index contributed by atoms with van der Waals surface area (Å²) in [5.41, 5.74) is -0.415. The van der Waals surface area contributed by atoms with Crippen LogP contribution in [0.3, 0.4) is 0 Å². The zero-order chi connectivity index (χ0) is 16.1. The average molecular weight is 439 g/mol. The van der Waals surface area contributed by atoms with Gasteiger partial charge >= 0.3 is 0 Å². The minimum atomic E-state index is -0.720. The topological polar surface area (TPSA) is 57.1 Å². The van der Waals surface area contributed by atoms with Crippen LogP contribution in [0.2, 0.25) is 0 Å². The van der Waals surface area contributed by atoms with Crippen molar-refractivity contribution in [3.8, 4) is 0 Å². The monoisotopic (exact) mass is 439 g/mol. The number of rotatable bonds is 4. The summed E-state index contributed by atoms with van der Waals surface area (Å²) >= 11 is 0. The summed E-state index contributed by atoms with van der Waals surface area (Å²) in [6.07, 6.45) is 5.60. The molecule has 0 aromatic heterocycles. The highest BCUT2D eigenvalue weighted by Gasteiger charge is 2.38. The first-order valence-electron chi connectivity index (χ1n) is 8.84. The highest BCUT2D eigenvalue weighted by Crippen LogP contribution is 2.37. The molecule has 2 unspecified atom stereocenters. The maximum absolute atomic E-state index is 10.2. The Bertz CT molecular complexity index is 377. The van der Waals surface area contributed by atoms with E-state index in [1.165, 1.54) is 25.7 Å². The second kappa shape index (κ2) is 9.42. The molecule has 1 spiro atoms. The van der Waals surface area contributed by atoms with Crippen molar-refractivity contribution in [1.29, 1.82) is 0 Å². The van der Waals surface area contributed by atoms with Crippen molar-refractivity contribution >= 4 is 29.9 Å². The number of nitrogens with one attached hydrogen (secondary N) is 1. The Kier molecular flexibility index (Phi) is 8.58. The summed E-state index contributed by atoms with van der Waals surface area (Å²) in [5, 5.41) is 13.6. The highest BCUT2D eigenvalue weighted by molar-refractivity contribution is 14.0. The number of guanidine groups is 1. The van der Waals surface area contributed by atoms with Crippen molar-refractivity contribution < 1.29 is 9.84 Å². The van der Waals surface area contributed by atoms with Gasteiger partial charge in [-0.05, 0) is 46.0 Å². The third-order valence-electron chi connectivity index (χ3n) is 5.03. The molecular formula is C17H34IN3O2. The van der Waals surface area contributed by atoms with Crippen LogP contribution in [0.15, 0.2) is 4.99 Å². The maximum atomic E-state index is 10.2. The fourth-order valence-corrected chi connectivity index (χ4v) is 3.40. The van der Waals surface area contributed by atoms with Gasteiger partial charge in [0.25, 0.3) is 0 Å². The van der Waals surface area contributed by atoms with Gasteiger partial charge in [0.2, 0.25) is 0 Å². The number of piperidine rings is 1. The summed E-state index contributed by atoms with van der Waals surface area (Å²) in [5.74, 6) is 0.945. The van der Waals surface area contributed by atoms with Crippen LogP contribution in [-0.4, -0.2) is 61.0 Å². The zero-order valence-electron chi connectivity index (χ0n) is 14.9. The lowest BCUT2D eigenvalue weighted by Crippen LogP contribution is -2.53. The lowest BCUT2D eigenvalue weighted by molar-refractivity contribution is -0.0371. The number of ether oxygens (including phenoxy) is 1. The van der Waals surface area contributed by atoms with E-state index in [2.05, 4.69) is 17.1 Å². The zero-order valence-corrected chi connectivity index (χ0v) is 17.3. The van der Waals surface area contributed by atoms with Crippen LogP contribution in [-0.2, 0) is 4.74 Å². The number of likely N-dealkylation sites (tertiary alicyclic amines) is 1. The van der Waals surface area contributed by atoms with Gasteiger partial charge in [-0.15, -0.1) is 24.0 Å². The van der Waals surface area contributed by atoms with Crippen molar-refractivity contribution in [2.24, 2.45) is 10.4 Å². The van der Waals surface area contributed by atoms with E-state index in [1.54, 1.807) is 0 Å². The van der Waals surface area contributed by atoms with Crippen LogP contribution in [0.4, 0.5) is 0 Å². The van der Waals surface area contributed by atoms with Gasteiger partial charge in [-0.3, -0.25) is 4.99 Å². The van der Waals surface area contributed by atoms with E-state index < -0.39 is 5.60 Å². The van der Waals surface area contributed by atoms with Crippen LogP contribution < -0.4 is 5.32 Å². The molecule has 6 heteroatoms. The molecule has 0 aromatic carbocycles. The maximum Gasteiger partial charge on any atom is 0.194 e. The van der Waals surface area contributed by atoms with E-state index in [0.717, 1.165) is 38.8 Å². The van der Waals surface area contributed by atoms with Crippen LogP contribution in [0.1, 0.15) is 52.9 Å². The lowest BCUT2D eigenvalue weighted by atomic mass is 9.76. The number of aliphatic hydroxyl groups is 1. The van der Waals surface area contributed by atoms with Gasteiger partial charge in [0.05, 0.1) is 18.8 Å². The first kappa shape index (κ1) is 21.0. The van der Waals surface area contributed by atoms with Gasteiger partial charge in [-0.2, -0.15) is 0 Å². The quantitative estimate of drug-likeness (QED) is 0.402. The summed E-state index contributed by atoms with van der Waals surface area (Å²) in [4.78, 5) is 7.07. The number of nitrogens with zero attached hydrogens (tertiary/aromatic N) is 2. The number of aliphatic imine (C=N–C) groups is 1. The SMILES string of the molecule is CCNC(=NCC(C)(O)CC)N1CCCC2(CCCOC2)C1.I. The molecule has 0 radical (unpaired) electrons. The normalized spacial score (nSPS) is 28.2. The van der Waals surface area contributed by atoms with E-state index in [9.17, 15) is 5.11 Å². The Morgan fingerprint density at radius 3 is 2.70 bits per heavy atom. The Labute approximate surface area is 158 Å². The summed E-state index contributed by atoms with van der Waals surface area (Å²) in [6.45, 7) is 11.1. The molecule has 0 bridgehead atoms. The van der Waals surface area contributed by atoms with Gasteiger partial charge in [-0.25, -0.2) is 0 Å². The molecule has 2 aliphatic rings. The van der Waals surface area contributed by atoms with Gasteiger partial charge in [0.15, 0.2) is 5.96 Å². The van der Waals surface area contributed by atoms with E-state index in [1.807, 2.05) is 13.8 Å². The molecule has 0 amide bonds.